The van der Waals surface area contributed by atoms with Crippen molar-refractivity contribution in [3.05, 3.63) is 24.3 Å². The van der Waals surface area contributed by atoms with Gasteiger partial charge in [0.2, 0.25) is 0 Å². The van der Waals surface area contributed by atoms with Gasteiger partial charge in [0.15, 0.2) is 5.58 Å². The number of oxazole rings is 1. The Morgan fingerprint density at radius 2 is 1.93 bits per heavy atom. The van der Waals surface area contributed by atoms with Crippen LogP contribution in [0.2, 0.25) is 0 Å². The van der Waals surface area contributed by atoms with Gasteiger partial charge in [-0.3, -0.25) is 0 Å². The van der Waals surface area contributed by atoms with Gasteiger partial charge in [-0.2, -0.15) is 13.2 Å². The second-order valence-corrected chi connectivity index (χ2v) is 5.01. The van der Waals surface area contributed by atoms with Crippen molar-refractivity contribution in [3.8, 4) is 0 Å². The van der Waals surface area contributed by atoms with E-state index in [0.717, 1.165) is 0 Å². The largest absolute Gasteiger partial charge is 0.454 e. The van der Waals surface area contributed by atoms with Gasteiger partial charge in [-0.05, 0) is 23.3 Å². The molecule has 2 aromatic rings. The molecule has 0 aliphatic heterocycles. The van der Waals surface area contributed by atoms with Crippen LogP contribution in [0.5, 0.6) is 0 Å². The molecule has 1 atom stereocenters. The first-order valence-electron chi connectivity index (χ1n) is 3.82. The molecular weight excluding hydrogens is 247 g/mol. The highest BCUT2D eigenvalue weighted by atomic mass is 32.8. The molecule has 1 aromatic heterocycles. The molecule has 2 rings (SSSR count). The van der Waals surface area contributed by atoms with Crippen molar-refractivity contribution < 1.29 is 17.6 Å². The van der Waals surface area contributed by atoms with E-state index in [4.69, 9.17) is 4.42 Å². The lowest BCUT2D eigenvalue weighted by atomic mass is 10.3. The maximum atomic E-state index is 12.3. The molecule has 80 valence electrons. The Balaban J connectivity index is 2.50. The fourth-order valence-corrected chi connectivity index (χ4v) is 1.79. The maximum Gasteiger partial charge on any atom is 0.454 e. The predicted octanol–water partition coefficient (Wildman–Crippen LogP) is 2.79. The van der Waals surface area contributed by atoms with Gasteiger partial charge in [0.05, 0.1) is 9.45 Å². The summed E-state index contributed by atoms with van der Waals surface area (Å²) < 4.78 is 41.7. The van der Waals surface area contributed by atoms with Crippen LogP contribution in [-0.4, -0.2) is 10.5 Å². The standard InChI is InChI=1S/C8H4F3NOS2/c9-8(10,11)15(14)7-12-5-3-1-2-4-6(5)13-7/h1-4H. The van der Waals surface area contributed by atoms with E-state index in [-0.39, 0.29) is 0 Å². The Hall–Kier alpha value is -0.950. The molecule has 1 aromatic carbocycles. The number of hydrogen-bond acceptors (Lipinski definition) is 3. The van der Waals surface area contributed by atoms with Crippen LogP contribution in [0.3, 0.4) is 0 Å². The van der Waals surface area contributed by atoms with E-state index < -0.39 is 20.2 Å². The zero-order valence-corrected chi connectivity index (χ0v) is 8.75. The molecule has 15 heavy (non-hydrogen) atoms. The quantitative estimate of drug-likeness (QED) is 0.779. The van der Waals surface area contributed by atoms with Gasteiger partial charge >= 0.3 is 5.51 Å². The number of para-hydroxylation sites is 2. The third-order valence-electron chi connectivity index (χ3n) is 1.64. The van der Waals surface area contributed by atoms with Crippen molar-refractivity contribution in [3.63, 3.8) is 0 Å². The summed E-state index contributed by atoms with van der Waals surface area (Å²) in [6.07, 6.45) is 0. The fourth-order valence-electron chi connectivity index (χ4n) is 1.03. The molecule has 0 bridgehead atoms. The Kier molecular flexibility index (Phi) is 2.51. The van der Waals surface area contributed by atoms with Crippen molar-refractivity contribution in [2.75, 3.05) is 0 Å². The summed E-state index contributed by atoms with van der Waals surface area (Å²) in [5, 5.41) is -0.446. The van der Waals surface area contributed by atoms with E-state index in [1.54, 1.807) is 24.3 Å². The summed E-state index contributed by atoms with van der Waals surface area (Å²) in [7, 11) is -2.38. The summed E-state index contributed by atoms with van der Waals surface area (Å²) in [5.41, 5.74) is -3.77. The highest BCUT2D eigenvalue weighted by Gasteiger charge is 2.37. The molecular formula is C8H4F3NOS2. The van der Waals surface area contributed by atoms with Crippen molar-refractivity contribution in [1.82, 2.24) is 4.98 Å². The molecule has 0 aliphatic carbocycles. The predicted molar refractivity (Wildman–Crippen MR) is 53.1 cm³/mol. The van der Waals surface area contributed by atoms with E-state index >= 15 is 0 Å². The summed E-state index contributed by atoms with van der Waals surface area (Å²) in [6, 6.07) is 6.45. The lowest BCUT2D eigenvalue weighted by Gasteiger charge is -2.03. The minimum Gasteiger partial charge on any atom is -0.431 e. The minimum absolute atomic E-state index is 0.319. The molecule has 0 radical (unpaired) electrons. The third-order valence-corrected chi connectivity index (χ3v) is 3.55. The maximum absolute atomic E-state index is 12.3. The summed E-state index contributed by atoms with van der Waals surface area (Å²) >= 11 is 4.33. The number of alkyl halides is 3. The zero-order chi connectivity index (χ0) is 11.1. The van der Waals surface area contributed by atoms with Gasteiger partial charge in [-0.1, -0.05) is 12.1 Å². The average molecular weight is 251 g/mol. The molecule has 0 spiro atoms. The van der Waals surface area contributed by atoms with E-state index in [0.29, 0.717) is 11.1 Å². The molecule has 0 N–H and O–H groups in total. The van der Waals surface area contributed by atoms with Crippen LogP contribution in [0.4, 0.5) is 13.2 Å². The summed E-state index contributed by atoms with van der Waals surface area (Å²) in [6.45, 7) is 0. The van der Waals surface area contributed by atoms with Crippen LogP contribution in [0.1, 0.15) is 0 Å². The Morgan fingerprint density at radius 1 is 1.27 bits per heavy atom. The number of rotatable bonds is 1. The number of nitrogens with zero attached hydrogens (tertiary/aromatic N) is 1. The zero-order valence-electron chi connectivity index (χ0n) is 7.12. The van der Waals surface area contributed by atoms with Gasteiger partial charge in [0, 0.05) is 0 Å². The van der Waals surface area contributed by atoms with Crippen molar-refractivity contribution >= 4 is 31.7 Å². The van der Waals surface area contributed by atoms with Crippen LogP contribution >= 0.6 is 0 Å². The van der Waals surface area contributed by atoms with Crippen LogP contribution in [0.15, 0.2) is 33.9 Å². The number of hydrogen-bond donors (Lipinski definition) is 0. The van der Waals surface area contributed by atoms with Crippen molar-refractivity contribution in [2.45, 2.75) is 10.7 Å². The van der Waals surface area contributed by atoms with E-state index in [9.17, 15) is 13.2 Å². The first-order chi connectivity index (χ1) is 6.98. The smallest absolute Gasteiger partial charge is 0.431 e. The molecule has 7 heteroatoms. The van der Waals surface area contributed by atoms with Crippen molar-refractivity contribution in [2.24, 2.45) is 0 Å². The number of fused-ring (bicyclic) bond motifs is 1. The van der Waals surface area contributed by atoms with Crippen LogP contribution in [0.25, 0.3) is 11.1 Å². The minimum atomic E-state index is -4.48. The lowest BCUT2D eigenvalue weighted by Crippen LogP contribution is -2.15. The van der Waals surface area contributed by atoms with Crippen LogP contribution in [0, 0.1) is 0 Å². The van der Waals surface area contributed by atoms with Crippen LogP contribution in [-0.2, 0) is 20.6 Å². The van der Waals surface area contributed by atoms with Gasteiger partial charge in [0.25, 0.3) is 5.22 Å². The molecule has 2 nitrogen and oxygen atoms in total. The fraction of sp³-hybridized carbons (Fsp3) is 0.125. The number of aromatic nitrogens is 1. The van der Waals surface area contributed by atoms with Gasteiger partial charge in [0.1, 0.15) is 5.52 Å². The van der Waals surface area contributed by atoms with E-state index in [1.165, 1.54) is 0 Å². The first kappa shape index (κ1) is 10.6. The van der Waals surface area contributed by atoms with Gasteiger partial charge < -0.3 is 4.42 Å². The van der Waals surface area contributed by atoms with Crippen LogP contribution < -0.4 is 0 Å². The topological polar surface area (TPSA) is 26.0 Å². The van der Waals surface area contributed by atoms with Gasteiger partial charge in [-0.15, -0.1) is 0 Å². The highest BCUT2D eigenvalue weighted by Crippen LogP contribution is 2.28. The number of halogens is 3. The lowest BCUT2D eigenvalue weighted by molar-refractivity contribution is -0.0355. The van der Waals surface area contributed by atoms with E-state index in [2.05, 4.69) is 16.2 Å². The molecule has 1 heterocycles. The van der Waals surface area contributed by atoms with Crippen molar-refractivity contribution in [1.29, 1.82) is 0 Å². The molecule has 0 fully saturated rings. The second-order valence-electron chi connectivity index (χ2n) is 2.66. The number of benzene rings is 1. The summed E-state index contributed by atoms with van der Waals surface area (Å²) in [5.74, 6) is 0. The Bertz CT molecular complexity index is 487. The Morgan fingerprint density at radius 3 is 2.53 bits per heavy atom. The molecule has 0 amide bonds. The highest BCUT2D eigenvalue weighted by molar-refractivity contribution is 8.29. The molecule has 0 saturated heterocycles. The SMILES string of the molecule is FC(F)(F)S(=S)c1nc2ccccc2o1. The molecule has 0 saturated carbocycles. The first-order valence-corrected chi connectivity index (χ1v) is 5.97. The normalized spacial score (nSPS) is 14.3. The van der Waals surface area contributed by atoms with E-state index in [1.807, 2.05) is 0 Å². The monoisotopic (exact) mass is 251 g/mol. The van der Waals surface area contributed by atoms with Gasteiger partial charge in [-0.25, -0.2) is 4.98 Å². The average Bonchev–Trinajstić information content (AvgIpc) is 2.58. The second kappa shape index (κ2) is 3.57. The summed E-state index contributed by atoms with van der Waals surface area (Å²) in [4.78, 5) is 3.70. The molecule has 1 unspecified atom stereocenters. The molecule has 0 aliphatic rings. The Labute approximate surface area is 89.7 Å². The third kappa shape index (κ3) is 2.03.